The van der Waals surface area contributed by atoms with Gasteiger partial charge in [-0.2, -0.15) is 0 Å². The fourth-order valence-corrected chi connectivity index (χ4v) is 1.28. The van der Waals surface area contributed by atoms with Gasteiger partial charge in [0.2, 0.25) is 5.79 Å². The van der Waals surface area contributed by atoms with E-state index in [1.54, 1.807) is 7.11 Å². The van der Waals surface area contributed by atoms with Crippen molar-refractivity contribution >= 4 is 5.76 Å². The molecule has 0 N–H and O–H groups in total. The molecule has 2 heteroatoms. The van der Waals surface area contributed by atoms with E-state index in [0.29, 0.717) is 5.76 Å². The number of methoxy groups -OCH3 is 1. The lowest BCUT2D eigenvalue weighted by atomic mass is 10.1. The molecule has 0 radical (unpaired) electrons. The second-order valence-corrected chi connectivity index (χ2v) is 3.94. The molecular weight excluding hydrogens is 188 g/mol. The van der Waals surface area contributed by atoms with Crippen molar-refractivity contribution in [1.29, 1.82) is 0 Å². The van der Waals surface area contributed by atoms with Crippen LogP contribution < -0.4 is 0 Å². The molecule has 0 bridgehead atoms. The van der Waals surface area contributed by atoms with Gasteiger partial charge in [-0.3, -0.25) is 0 Å². The molecule has 0 aromatic heterocycles. The molecule has 0 spiro atoms. The predicted molar refractivity (Wildman–Crippen MR) is 62.4 cm³/mol. The number of hydrogen-bond acceptors (Lipinski definition) is 2. The predicted octanol–water partition coefficient (Wildman–Crippen LogP) is 3.36. The van der Waals surface area contributed by atoms with Crippen molar-refractivity contribution in [2.45, 2.75) is 26.6 Å². The third-order valence-electron chi connectivity index (χ3n) is 2.31. The summed E-state index contributed by atoms with van der Waals surface area (Å²) in [5.74, 6) is -0.000676. The third kappa shape index (κ3) is 3.10. The van der Waals surface area contributed by atoms with Gasteiger partial charge in [0.05, 0.1) is 0 Å². The van der Waals surface area contributed by atoms with Gasteiger partial charge >= 0.3 is 0 Å². The maximum Gasteiger partial charge on any atom is 0.204 e. The van der Waals surface area contributed by atoms with E-state index in [2.05, 4.69) is 6.58 Å². The first-order valence-corrected chi connectivity index (χ1v) is 4.95. The van der Waals surface area contributed by atoms with E-state index in [0.717, 1.165) is 11.1 Å². The number of rotatable bonds is 4. The van der Waals surface area contributed by atoms with E-state index in [1.165, 1.54) is 0 Å². The fourth-order valence-electron chi connectivity index (χ4n) is 1.28. The van der Waals surface area contributed by atoms with Gasteiger partial charge in [0, 0.05) is 26.5 Å². The molecule has 1 rings (SSSR count). The first-order chi connectivity index (χ1) is 6.96. The van der Waals surface area contributed by atoms with Gasteiger partial charge in [-0.05, 0) is 12.5 Å². The van der Waals surface area contributed by atoms with Crippen LogP contribution in [-0.4, -0.2) is 12.9 Å². The molecule has 0 saturated heterocycles. The van der Waals surface area contributed by atoms with Gasteiger partial charge in [-0.1, -0.05) is 30.8 Å². The molecule has 2 nitrogen and oxygen atoms in total. The zero-order valence-corrected chi connectivity index (χ0v) is 9.83. The van der Waals surface area contributed by atoms with E-state index in [4.69, 9.17) is 9.47 Å². The van der Waals surface area contributed by atoms with E-state index in [9.17, 15) is 0 Å². The summed E-state index contributed by atoms with van der Waals surface area (Å²) in [6.45, 7) is 9.66. The monoisotopic (exact) mass is 206 g/mol. The van der Waals surface area contributed by atoms with Crippen LogP contribution in [0.3, 0.4) is 0 Å². The molecule has 0 aliphatic heterocycles. The Labute approximate surface area is 91.5 Å². The van der Waals surface area contributed by atoms with Crippen LogP contribution in [0, 0.1) is 6.92 Å². The van der Waals surface area contributed by atoms with Crippen molar-refractivity contribution in [2.24, 2.45) is 0 Å². The SMILES string of the molecule is C=C(OC(C)(C)OC)c1ccccc1C. The second-order valence-electron chi connectivity index (χ2n) is 3.94. The minimum absolute atomic E-state index is 0.639. The molecule has 0 heterocycles. The van der Waals surface area contributed by atoms with Gasteiger partial charge in [0.15, 0.2) is 0 Å². The maximum atomic E-state index is 5.64. The quantitative estimate of drug-likeness (QED) is 0.555. The second kappa shape index (κ2) is 4.49. The molecular formula is C13H18O2. The molecule has 1 aromatic rings. The standard InChI is InChI=1S/C13H18O2/c1-10-8-6-7-9-12(10)11(2)15-13(3,4)14-5/h6-9H,2H2,1,3-5H3. The summed E-state index contributed by atoms with van der Waals surface area (Å²) in [6, 6.07) is 7.98. The van der Waals surface area contributed by atoms with Crippen LogP contribution >= 0.6 is 0 Å². The Bertz CT molecular complexity index is 353. The molecule has 82 valence electrons. The summed E-state index contributed by atoms with van der Waals surface area (Å²) in [7, 11) is 1.62. The largest absolute Gasteiger partial charge is 0.463 e. The lowest BCUT2D eigenvalue weighted by Gasteiger charge is -2.26. The Morgan fingerprint density at radius 3 is 2.40 bits per heavy atom. The van der Waals surface area contributed by atoms with Crippen molar-refractivity contribution in [3.63, 3.8) is 0 Å². The van der Waals surface area contributed by atoms with Crippen LogP contribution in [0.1, 0.15) is 25.0 Å². The highest BCUT2D eigenvalue weighted by Gasteiger charge is 2.19. The van der Waals surface area contributed by atoms with Gasteiger partial charge in [-0.15, -0.1) is 0 Å². The number of benzene rings is 1. The zero-order chi connectivity index (χ0) is 11.5. The highest BCUT2D eigenvalue weighted by Crippen LogP contribution is 2.24. The van der Waals surface area contributed by atoms with Crippen LogP contribution in [0.4, 0.5) is 0 Å². The molecule has 0 amide bonds. The van der Waals surface area contributed by atoms with Crippen LogP contribution in [0.25, 0.3) is 5.76 Å². The number of hydrogen-bond donors (Lipinski definition) is 0. The van der Waals surface area contributed by atoms with E-state index < -0.39 is 5.79 Å². The summed E-state index contributed by atoms with van der Waals surface area (Å²) >= 11 is 0. The lowest BCUT2D eigenvalue weighted by Crippen LogP contribution is -2.25. The highest BCUT2D eigenvalue weighted by atomic mass is 16.7. The minimum atomic E-state index is -0.640. The Hall–Kier alpha value is -1.28. The Morgan fingerprint density at radius 1 is 1.27 bits per heavy atom. The first kappa shape index (κ1) is 11.8. The van der Waals surface area contributed by atoms with Crippen molar-refractivity contribution in [3.8, 4) is 0 Å². The number of ether oxygens (including phenoxy) is 2. The van der Waals surface area contributed by atoms with Crippen molar-refractivity contribution in [3.05, 3.63) is 42.0 Å². The molecule has 15 heavy (non-hydrogen) atoms. The van der Waals surface area contributed by atoms with E-state index in [-0.39, 0.29) is 0 Å². The highest BCUT2D eigenvalue weighted by molar-refractivity contribution is 5.60. The topological polar surface area (TPSA) is 18.5 Å². The van der Waals surface area contributed by atoms with E-state index >= 15 is 0 Å². The van der Waals surface area contributed by atoms with Gasteiger partial charge in [0.25, 0.3) is 0 Å². The van der Waals surface area contributed by atoms with Crippen molar-refractivity contribution in [1.82, 2.24) is 0 Å². The molecule has 0 fully saturated rings. The Morgan fingerprint density at radius 2 is 1.87 bits per heavy atom. The Kier molecular flexibility index (Phi) is 3.53. The summed E-state index contributed by atoms with van der Waals surface area (Å²) in [5.41, 5.74) is 2.16. The van der Waals surface area contributed by atoms with Crippen LogP contribution in [0.15, 0.2) is 30.8 Å². The number of aryl methyl sites for hydroxylation is 1. The minimum Gasteiger partial charge on any atom is -0.463 e. The summed E-state index contributed by atoms with van der Waals surface area (Å²) in [6.07, 6.45) is 0. The normalized spacial score (nSPS) is 11.2. The van der Waals surface area contributed by atoms with Crippen LogP contribution in [-0.2, 0) is 9.47 Å². The van der Waals surface area contributed by atoms with Crippen molar-refractivity contribution in [2.75, 3.05) is 7.11 Å². The van der Waals surface area contributed by atoms with Crippen molar-refractivity contribution < 1.29 is 9.47 Å². The average Bonchev–Trinajstić information content (AvgIpc) is 2.17. The molecule has 0 saturated carbocycles. The maximum absolute atomic E-state index is 5.64. The fraction of sp³-hybridized carbons (Fsp3) is 0.385. The third-order valence-corrected chi connectivity index (χ3v) is 2.31. The van der Waals surface area contributed by atoms with Gasteiger partial charge in [-0.25, -0.2) is 0 Å². The molecule has 0 unspecified atom stereocenters. The molecule has 0 aliphatic carbocycles. The average molecular weight is 206 g/mol. The van der Waals surface area contributed by atoms with Gasteiger partial charge < -0.3 is 9.47 Å². The lowest BCUT2D eigenvalue weighted by molar-refractivity contribution is -0.151. The molecule has 0 atom stereocenters. The van der Waals surface area contributed by atoms with Gasteiger partial charge in [0.1, 0.15) is 5.76 Å². The van der Waals surface area contributed by atoms with Crippen LogP contribution in [0.5, 0.6) is 0 Å². The first-order valence-electron chi connectivity index (χ1n) is 4.95. The summed E-state index contributed by atoms with van der Waals surface area (Å²) < 4.78 is 10.8. The zero-order valence-electron chi connectivity index (χ0n) is 9.83. The smallest absolute Gasteiger partial charge is 0.204 e. The van der Waals surface area contributed by atoms with E-state index in [1.807, 2.05) is 45.0 Å². The molecule has 0 aliphatic rings. The summed E-state index contributed by atoms with van der Waals surface area (Å²) in [5, 5.41) is 0. The molecule has 1 aromatic carbocycles. The summed E-state index contributed by atoms with van der Waals surface area (Å²) in [4.78, 5) is 0. The van der Waals surface area contributed by atoms with Crippen LogP contribution in [0.2, 0.25) is 0 Å². The Balaban J connectivity index is 2.83.